The van der Waals surface area contributed by atoms with Gasteiger partial charge in [0.15, 0.2) is 10.8 Å². The number of aromatic nitrogens is 4. The molecule has 10 rings (SSSR count). The zero-order chi connectivity index (χ0) is 41.9. The molecule has 4 bridgehead atoms. The van der Waals surface area contributed by atoms with Crippen LogP contribution in [0.2, 0.25) is 0 Å². The molecule has 2 aromatic carbocycles. The number of rotatable bonds is 15. The second kappa shape index (κ2) is 15.5. The number of aromatic carboxylic acids is 1. The highest BCUT2D eigenvalue weighted by molar-refractivity contribution is 7.22. The number of nitrogens with zero attached hydrogens (tertiary/aromatic N) is 5. The van der Waals surface area contributed by atoms with Crippen LogP contribution in [-0.2, 0) is 29.0 Å². The van der Waals surface area contributed by atoms with Crippen LogP contribution in [-0.4, -0.2) is 89.4 Å². The van der Waals surface area contributed by atoms with Crippen LogP contribution in [0.5, 0.6) is 5.75 Å². The number of ether oxygens (including phenoxy) is 3. The third-order valence-corrected chi connectivity index (χ3v) is 14.4. The summed E-state index contributed by atoms with van der Waals surface area (Å²) < 4.78 is 20.9. The van der Waals surface area contributed by atoms with Gasteiger partial charge in [-0.1, -0.05) is 37.3 Å². The van der Waals surface area contributed by atoms with E-state index in [1.807, 2.05) is 54.3 Å². The molecule has 2 unspecified atom stereocenters. The summed E-state index contributed by atoms with van der Waals surface area (Å²) in [4.78, 5) is 38.2. The highest BCUT2D eigenvalue weighted by Gasteiger charge is 2.66. The second-order valence-electron chi connectivity index (χ2n) is 18.5. The lowest BCUT2D eigenvalue weighted by Gasteiger charge is -2.69. The van der Waals surface area contributed by atoms with Gasteiger partial charge in [0, 0.05) is 67.8 Å². The first-order valence-electron chi connectivity index (χ1n) is 21.0. The number of carbonyl (C=O) groups is 2. The number of carboxylic acid groups (broad SMARTS) is 1. The van der Waals surface area contributed by atoms with Crippen LogP contribution in [0.1, 0.15) is 90.0 Å². The number of hydrogen-bond acceptors (Lipinski definition) is 11. The van der Waals surface area contributed by atoms with E-state index in [1.54, 1.807) is 26.5 Å². The van der Waals surface area contributed by atoms with E-state index in [0.717, 1.165) is 84.3 Å². The third-order valence-electron chi connectivity index (χ3n) is 13.5. The van der Waals surface area contributed by atoms with Crippen molar-refractivity contribution in [3.8, 4) is 16.9 Å². The molecule has 4 saturated carbocycles. The van der Waals surface area contributed by atoms with Gasteiger partial charge in [-0.25, -0.2) is 14.8 Å². The topological polar surface area (TPSA) is 153 Å². The van der Waals surface area contributed by atoms with E-state index < -0.39 is 5.97 Å². The molecule has 4 atom stereocenters. The van der Waals surface area contributed by atoms with E-state index in [-0.39, 0.29) is 33.4 Å². The summed E-state index contributed by atoms with van der Waals surface area (Å²) in [6.45, 7) is 11.6. The number of fused-ring (bicyclic) bond motifs is 2. The summed E-state index contributed by atoms with van der Waals surface area (Å²) in [6.07, 6.45) is 9.07. The molecule has 14 heteroatoms. The van der Waals surface area contributed by atoms with Gasteiger partial charge in [0.1, 0.15) is 11.6 Å². The van der Waals surface area contributed by atoms with Gasteiger partial charge in [0.25, 0.3) is 5.91 Å². The third kappa shape index (κ3) is 7.56. The van der Waals surface area contributed by atoms with Gasteiger partial charge in [0.05, 0.1) is 42.3 Å². The molecule has 60 heavy (non-hydrogen) atoms. The number of carboxylic acids is 1. The Labute approximate surface area is 354 Å². The molecular formula is C46H55N7O6S. The molecule has 13 nitrogen and oxygen atoms in total. The molecule has 3 N–H and O–H groups in total. The van der Waals surface area contributed by atoms with Crippen LogP contribution in [0.4, 0.5) is 10.9 Å². The first-order chi connectivity index (χ1) is 28.8. The van der Waals surface area contributed by atoms with Crippen molar-refractivity contribution in [3.63, 3.8) is 0 Å². The number of nitrogens with one attached hydrogen (secondary N) is 2. The van der Waals surface area contributed by atoms with Crippen molar-refractivity contribution in [1.82, 2.24) is 25.1 Å². The number of hydrogen-bond donors (Lipinski definition) is 3. The second-order valence-corrected chi connectivity index (χ2v) is 19.5. The van der Waals surface area contributed by atoms with Gasteiger partial charge in [-0.05, 0) is 110 Å². The molecule has 1 amide bonds. The molecule has 0 radical (unpaired) electrons. The van der Waals surface area contributed by atoms with Crippen molar-refractivity contribution in [2.24, 2.45) is 16.2 Å². The zero-order valence-corrected chi connectivity index (χ0v) is 36.0. The number of pyridine rings is 1. The Bertz CT molecular complexity index is 2410. The summed E-state index contributed by atoms with van der Waals surface area (Å²) in [7, 11) is 3.35. The minimum absolute atomic E-state index is 0.0262. The Balaban J connectivity index is 0.954. The maximum Gasteiger partial charge on any atom is 0.355 e. The van der Waals surface area contributed by atoms with Gasteiger partial charge < -0.3 is 29.5 Å². The molecule has 5 aliphatic rings. The van der Waals surface area contributed by atoms with E-state index in [4.69, 9.17) is 24.3 Å². The van der Waals surface area contributed by atoms with Gasteiger partial charge in [-0.2, -0.15) is 5.10 Å². The summed E-state index contributed by atoms with van der Waals surface area (Å²) in [5.74, 6) is -0.121. The fourth-order valence-electron chi connectivity index (χ4n) is 12.3. The average Bonchev–Trinajstić information content (AvgIpc) is 3.78. The van der Waals surface area contributed by atoms with E-state index in [1.165, 1.54) is 17.8 Å². The lowest BCUT2D eigenvalue weighted by Crippen LogP contribution is -2.64. The van der Waals surface area contributed by atoms with Gasteiger partial charge in [-0.3, -0.25) is 14.8 Å². The summed E-state index contributed by atoms with van der Waals surface area (Å²) in [5, 5.41) is 22.5. The Hall–Kier alpha value is -4.89. The van der Waals surface area contributed by atoms with E-state index >= 15 is 0 Å². The zero-order valence-electron chi connectivity index (χ0n) is 35.2. The normalized spacial score (nSPS) is 25.4. The van der Waals surface area contributed by atoms with Crippen molar-refractivity contribution >= 4 is 44.4 Å². The molecule has 4 fully saturated rings. The van der Waals surface area contributed by atoms with Crippen LogP contribution in [0.3, 0.4) is 0 Å². The van der Waals surface area contributed by atoms with Crippen molar-refractivity contribution in [3.05, 3.63) is 82.8 Å². The van der Waals surface area contributed by atoms with Crippen molar-refractivity contribution in [1.29, 1.82) is 0 Å². The monoisotopic (exact) mass is 833 g/mol. The first kappa shape index (κ1) is 40.5. The van der Waals surface area contributed by atoms with E-state index in [0.29, 0.717) is 60.5 Å². The van der Waals surface area contributed by atoms with Crippen LogP contribution in [0.15, 0.2) is 54.7 Å². The standard InChI is InChI=1S/C46H55N7O6S/c1-29-33(20-48-53(29)28-45-23-43(2)22-44(3,24-45)26-46(25-43,27-45)59-19-16-47-15-18-57-4)31-11-13-38(50-39(31)41(55)56)52-17-14-30-34(21-52)32(10-12-36(30)58-5)40(54)51-42-49-35-8-6-7-9-37(35)60-42/h6-13,20,47H,14-19,21-28H2,1-5H3,(H,55,56)(H,49,51,54)/t43-,44+,45?,46?. The first-order valence-corrected chi connectivity index (χ1v) is 21.9. The lowest BCUT2D eigenvalue weighted by molar-refractivity contribution is -0.247. The summed E-state index contributed by atoms with van der Waals surface area (Å²) in [6, 6.07) is 15.1. The molecule has 316 valence electrons. The fourth-order valence-corrected chi connectivity index (χ4v) is 13.2. The fraction of sp³-hybridized carbons (Fsp3) is 0.500. The smallest absolute Gasteiger partial charge is 0.355 e. The number of amides is 1. The van der Waals surface area contributed by atoms with Crippen LogP contribution in [0, 0.1) is 23.2 Å². The van der Waals surface area contributed by atoms with Gasteiger partial charge >= 0.3 is 5.97 Å². The SMILES string of the molecule is COCCNCCOC12CC3(Cn4ncc(-c5ccc(N6CCc7c(OC)ccc(C(=O)Nc8nc9ccccc9s8)c7C6)nc5C(=O)O)c4C)C[C@@](C)(C1)C[C@](C)(C3)C2. The highest BCUT2D eigenvalue weighted by Crippen LogP contribution is 2.72. The van der Waals surface area contributed by atoms with E-state index in [9.17, 15) is 14.7 Å². The molecule has 0 spiro atoms. The molecule has 5 aromatic rings. The quantitative estimate of drug-likeness (QED) is 0.0888. The number of methoxy groups -OCH3 is 2. The molecule has 3 aromatic heterocycles. The number of carbonyl (C=O) groups excluding carboxylic acids is 1. The molecule has 1 aliphatic heterocycles. The lowest BCUT2D eigenvalue weighted by atomic mass is 9.39. The van der Waals surface area contributed by atoms with Crippen LogP contribution >= 0.6 is 11.3 Å². The number of anilines is 2. The highest BCUT2D eigenvalue weighted by atomic mass is 32.1. The minimum atomic E-state index is -1.10. The maximum atomic E-state index is 13.8. The summed E-state index contributed by atoms with van der Waals surface area (Å²) in [5.41, 5.74) is 5.61. The number of thiazole rings is 1. The molecule has 4 heterocycles. The summed E-state index contributed by atoms with van der Waals surface area (Å²) >= 11 is 1.43. The average molecular weight is 834 g/mol. The number of benzene rings is 2. The molecule has 0 saturated heterocycles. The Morgan fingerprint density at radius 3 is 2.43 bits per heavy atom. The predicted octanol–water partition coefficient (Wildman–Crippen LogP) is 7.76. The predicted molar refractivity (Wildman–Crippen MR) is 232 cm³/mol. The van der Waals surface area contributed by atoms with Gasteiger partial charge in [-0.15, -0.1) is 0 Å². The van der Waals surface area contributed by atoms with Crippen molar-refractivity contribution in [2.45, 2.75) is 84.4 Å². The van der Waals surface area contributed by atoms with Crippen LogP contribution in [0.25, 0.3) is 21.3 Å². The molecular weight excluding hydrogens is 779 g/mol. The Kier molecular flexibility index (Phi) is 10.5. The Morgan fingerprint density at radius 2 is 1.68 bits per heavy atom. The molecule has 4 aliphatic carbocycles. The maximum absolute atomic E-state index is 13.8. The number of para-hydroxylation sites is 1. The minimum Gasteiger partial charge on any atom is -0.496 e. The largest absolute Gasteiger partial charge is 0.496 e. The Morgan fingerprint density at radius 1 is 0.900 bits per heavy atom. The van der Waals surface area contributed by atoms with Crippen LogP contribution < -0.4 is 20.3 Å². The van der Waals surface area contributed by atoms with E-state index in [2.05, 4.69) is 34.1 Å². The van der Waals surface area contributed by atoms with Gasteiger partial charge in [0.2, 0.25) is 0 Å². The van der Waals surface area contributed by atoms with Crippen molar-refractivity contribution < 1.29 is 28.9 Å². The van der Waals surface area contributed by atoms with Crippen molar-refractivity contribution in [2.75, 3.05) is 57.3 Å².